The first-order valence-corrected chi connectivity index (χ1v) is 6.15. The van der Waals surface area contributed by atoms with Gasteiger partial charge in [-0.3, -0.25) is 0 Å². The van der Waals surface area contributed by atoms with Crippen LogP contribution in [0.15, 0.2) is 42.5 Å². The largest absolute Gasteiger partial charge is 0.497 e. The average Bonchev–Trinajstić information content (AvgIpc) is 2.38. The lowest BCUT2D eigenvalue weighted by Crippen LogP contribution is -2.01. The van der Waals surface area contributed by atoms with E-state index in [1.165, 1.54) is 0 Å². The Hall–Kier alpha value is -1.22. The summed E-state index contributed by atoms with van der Waals surface area (Å²) in [6, 6.07) is 12.3. The van der Waals surface area contributed by atoms with Crippen LogP contribution in [-0.2, 0) is 0 Å². The first-order valence-electron chi connectivity index (χ1n) is 5.39. The van der Waals surface area contributed by atoms with Crippen molar-refractivity contribution < 1.29 is 9.84 Å². The second-order valence-electron chi connectivity index (χ2n) is 3.81. The predicted molar refractivity (Wildman–Crippen MR) is 73.5 cm³/mol. The van der Waals surface area contributed by atoms with E-state index in [4.69, 9.17) is 27.9 Å². The van der Waals surface area contributed by atoms with E-state index in [1.54, 1.807) is 37.4 Å². The summed E-state index contributed by atoms with van der Waals surface area (Å²) < 4.78 is 5.07. The summed E-state index contributed by atoms with van der Waals surface area (Å²) in [4.78, 5) is 0. The Bertz CT molecular complexity index is 555. The SMILES string of the molecule is COc1ccc(C(O)c2ccccc2Cl)c(Cl)c1. The zero-order chi connectivity index (χ0) is 13.1. The molecule has 2 nitrogen and oxygen atoms in total. The van der Waals surface area contributed by atoms with E-state index < -0.39 is 6.10 Å². The molecule has 0 heterocycles. The number of methoxy groups -OCH3 is 1. The zero-order valence-corrected chi connectivity index (χ0v) is 11.2. The fraction of sp³-hybridized carbons (Fsp3) is 0.143. The highest BCUT2D eigenvalue weighted by atomic mass is 35.5. The van der Waals surface area contributed by atoms with E-state index in [-0.39, 0.29) is 0 Å². The van der Waals surface area contributed by atoms with Gasteiger partial charge in [0.2, 0.25) is 0 Å². The molecular formula is C14H12Cl2O2. The maximum Gasteiger partial charge on any atom is 0.120 e. The lowest BCUT2D eigenvalue weighted by Gasteiger charge is -2.15. The minimum absolute atomic E-state index is 0.446. The van der Waals surface area contributed by atoms with Crippen LogP contribution >= 0.6 is 23.2 Å². The molecule has 2 aromatic rings. The van der Waals surface area contributed by atoms with Gasteiger partial charge in [-0.15, -0.1) is 0 Å². The molecule has 1 unspecified atom stereocenters. The Morgan fingerprint density at radius 3 is 2.28 bits per heavy atom. The van der Waals surface area contributed by atoms with Gasteiger partial charge in [0, 0.05) is 16.1 Å². The zero-order valence-electron chi connectivity index (χ0n) is 9.73. The summed E-state index contributed by atoms with van der Waals surface area (Å²) in [5.41, 5.74) is 1.23. The van der Waals surface area contributed by atoms with E-state index in [9.17, 15) is 5.11 Å². The maximum absolute atomic E-state index is 10.3. The fourth-order valence-corrected chi connectivity index (χ4v) is 2.23. The topological polar surface area (TPSA) is 29.5 Å². The van der Waals surface area contributed by atoms with Gasteiger partial charge in [0.15, 0.2) is 0 Å². The molecule has 2 aromatic carbocycles. The molecule has 0 bridgehead atoms. The third kappa shape index (κ3) is 2.61. The Morgan fingerprint density at radius 1 is 1.00 bits per heavy atom. The first-order chi connectivity index (χ1) is 8.63. The third-order valence-corrected chi connectivity index (χ3v) is 3.37. The molecule has 0 saturated carbocycles. The Kier molecular flexibility index (Phi) is 4.12. The average molecular weight is 283 g/mol. The van der Waals surface area contributed by atoms with Crippen molar-refractivity contribution in [3.63, 3.8) is 0 Å². The van der Waals surface area contributed by atoms with E-state index >= 15 is 0 Å². The fourth-order valence-electron chi connectivity index (χ4n) is 1.72. The summed E-state index contributed by atoms with van der Waals surface area (Å²) in [6.45, 7) is 0. The molecule has 0 aliphatic carbocycles. The number of rotatable bonds is 3. The van der Waals surface area contributed by atoms with Gasteiger partial charge in [0.05, 0.1) is 12.1 Å². The van der Waals surface area contributed by atoms with Crippen molar-refractivity contribution >= 4 is 23.2 Å². The number of ether oxygens (including phenoxy) is 1. The standard InChI is InChI=1S/C14H12Cl2O2/c1-18-9-6-7-11(13(16)8-9)14(17)10-4-2-3-5-12(10)15/h2-8,14,17H,1H3. The highest BCUT2D eigenvalue weighted by molar-refractivity contribution is 6.32. The van der Waals surface area contributed by atoms with Crippen molar-refractivity contribution in [3.8, 4) is 5.75 Å². The molecule has 18 heavy (non-hydrogen) atoms. The number of halogens is 2. The number of hydrogen-bond acceptors (Lipinski definition) is 2. The van der Waals surface area contributed by atoms with Gasteiger partial charge in [-0.05, 0) is 18.2 Å². The predicted octanol–water partition coefficient (Wildman–Crippen LogP) is 4.08. The summed E-state index contributed by atoms with van der Waals surface area (Å²) in [5, 5.41) is 11.3. The molecule has 0 aromatic heterocycles. The molecule has 0 spiro atoms. The second kappa shape index (κ2) is 5.61. The van der Waals surface area contributed by atoms with Crippen LogP contribution in [0.1, 0.15) is 17.2 Å². The molecule has 0 aliphatic rings. The molecule has 0 aliphatic heterocycles. The molecule has 0 amide bonds. The first kappa shape index (κ1) is 13.2. The number of aliphatic hydroxyl groups is 1. The van der Waals surface area contributed by atoms with E-state index in [1.807, 2.05) is 12.1 Å². The summed E-state index contributed by atoms with van der Waals surface area (Å²) >= 11 is 12.2. The number of aliphatic hydroxyl groups excluding tert-OH is 1. The van der Waals surface area contributed by atoms with E-state index in [0.717, 1.165) is 0 Å². The normalized spacial score (nSPS) is 12.2. The molecule has 94 valence electrons. The minimum Gasteiger partial charge on any atom is -0.497 e. The van der Waals surface area contributed by atoms with Crippen molar-refractivity contribution in [1.82, 2.24) is 0 Å². The highest BCUT2D eigenvalue weighted by Gasteiger charge is 2.16. The summed E-state index contributed by atoms with van der Waals surface area (Å²) in [5.74, 6) is 0.648. The van der Waals surface area contributed by atoms with Crippen LogP contribution in [0.25, 0.3) is 0 Å². The van der Waals surface area contributed by atoms with Gasteiger partial charge in [-0.1, -0.05) is 47.5 Å². The molecule has 0 radical (unpaired) electrons. The second-order valence-corrected chi connectivity index (χ2v) is 4.63. The minimum atomic E-state index is -0.850. The third-order valence-electron chi connectivity index (χ3n) is 2.70. The lowest BCUT2D eigenvalue weighted by molar-refractivity contribution is 0.220. The Morgan fingerprint density at radius 2 is 1.67 bits per heavy atom. The molecule has 1 atom stereocenters. The quantitative estimate of drug-likeness (QED) is 0.919. The van der Waals surface area contributed by atoms with Crippen molar-refractivity contribution in [3.05, 3.63) is 63.6 Å². The highest BCUT2D eigenvalue weighted by Crippen LogP contribution is 2.33. The van der Waals surface area contributed by atoms with Crippen LogP contribution in [-0.4, -0.2) is 12.2 Å². The molecular weight excluding hydrogens is 271 g/mol. The van der Waals surface area contributed by atoms with Crippen LogP contribution in [0.5, 0.6) is 5.75 Å². The van der Waals surface area contributed by atoms with Crippen molar-refractivity contribution in [1.29, 1.82) is 0 Å². The number of benzene rings is 2. The van der Waals surface area contributed by atoms with Crippen LogP contribution in [0, 0.1) is 0 Å². The van der Waals surface area contributed by atoms with Gasteiger partial charge in [-0.25, -0.2) is 0 Å². The van der Waals surface area contributed by atoms with Crippen LogP contribution in [0.4, 0.5) is 0 Å². The molecule has 0 fully saturated rings. The van der Waals surface area contributed by atoms with Crippen LogP contribution < -0.4 is 4.74 Å². The summed E-state index contributed by atoms with van der Waals surface area (Å²) in [7, 11) is 1.57. The lowest BCUT2D eigenvalue weighted by atomic mass is 10.0. The smallest absolute Gasteiger partial charge is 0.120 e. The summed E-state index contributed by atoms with van der Waals surface area (Å²) in [6.07, 6.45) is -0.850. The van der Waals surface area contributed by atoms with Gasteiger partial charge in [0.1, 0.15) is 11.9 Å². The van der Waals surface area contributed by atoms with E-state index in [0.29, 0.717) is 26.9 Å². The molecule has 4 heteroatoms. The molecule has 1 N–H and O–H groups in total. The van der Waals surface area contributed by atoms with Gasteiger partial charge < -0.3 is 9.84 Å². The van der Waals surface area contributed by atoms with Crippen LogP contribution in [0.2, 0.25) is 10.0 Å². The van der Waals surface area contributed by atoms with Crippen LogP contribution in [0.3, 0.4) is 0 Å². The monoisotopic (exact) mass is 282 g/mol. The Balaban J connectivity index is 2.40. The number of hydrogen-bond donors (Lipinski definition) is 1. The Labute approximate surface area is 116 Å². The molecule has 0 saturated heterocycles. The maximum atomic E-state index is 10.3. The molecule has 2 rings (SSSR count). The van der Waals surface area contributed by atoms with Gasteiger partial charge in [0.25, 0.3) is 0 Å². The van der Waals surface area contributed by atoms with Crippen molar-refractivity contribution in [2.45, 2.75) is 6.10 Å². The van der Waals surface area contributed by atoms with Crippen molar-refractivity contribution in [2.75, 3.05) is 7.11 Å². The van der Waals surface area contributed by atoms with Gasteiger partial charge >= 0.3 is 0 Å². The van der Waals surface area contributed by atoms with Crippen molar-refractivity contribution in [2.24, 2.45) is 0 Å². The van der Waals surface area contributed by atoms with E-state index in [2.05, 4.69) is 0 Å². The van der Waals surface area contributed by atoms with Gasteiger partial charge in [-0.2, -0.15) is 0 Å².